The number of hydrogen-bond donors (Lipinski definition) is 1. The van der Waals surface area contributed by atoms with E-state index in [-0.39, 0.29) is 6.04 Å². The van der Waals surface area contributed by atoms with Crippen molar-refractivity contribution in [3.8, 4) is 0 Å². The maximum absolute atomic E-state index is 6.26. The standard InChI is InChI=1S/C15H30N4/c1-5-7-18(6-2)8-9-19-12-17-11-15(19)14(16)10-13(3)4/h11-14H,5-10,16H2,1-4H3. The zero-order valence-electron chi connectivity index (χ0n) is 13.0. The van der Waals surface area contributed by atoms with Gasteiger partial charge in [0.25, 0.3) is 0 Å². The van der Waals surface area contributed by atoms with Crippen molar-refractivity contribution in [3.05, 3.63) is 18.2 Å². The van der Waals surface area contributed by atoms with Crippen LogP contribution in [0.4, 0.5) is 0 Å². The smallest absolute Gasteiger partial charge is 0.0949 e. The first-order valence-electron chi connectivity index (χ1n) is 7.56. The third kappa shape index (κ3) is 5.33. The number of imidazole rings is 1. The molecule has 0 saturated heterocycles. The summed E-state index contributed by atoms with van der Waals surface area (Å²) in [7, 11) is 0. The minimum Gasteiger partial charge on any atom is -0.332 e. The van der Waals surface area contributed by atoms with Gasteiger partial charge in [0.15, 0.2) is 0 Å². The number of rotatable bonds is 9. The fourth-order valence-electron chi connectivity index (χ4n) is 2.45. The van der Waals surface area contributed by atoms with Crippen molar-refractivity contribution in [1.82, 2.24) is 14.5 Å². The third-order valence-corrected chi connectivity index (χ3v) is 3.49. The molecule has 1 aromatic heterocycles. The van der Waals surface area contributed by atoms with Crippen LogP contribution in [0.25, 0.3) is 0 Å². The van der Waals surface area contributed by atoms with Crippen LogP contribution in [-0.4, -0.2) is 34.1 Å². The molecule has 0 saturated carbocycles. The highest BCUT2D eigenvalue weighted by Crippen LogP contribution is 2.18. The molecule has 0 spiro atoms. The lowest BCUT2D eigenvalue weighted by Gasteiger charge is -2.21. The molecular weight excluding hydrogens is 236 g/mol. The zero-order chi connectivity index (χ0) is 14.3. The molecular formula is C15H30N4. The maximum atomic E-state index is 6.26. The Kier molecular flexibility index (Phi) is 7.10. The molecule has 1 unspecified atom stereocenters. The lowest BCUT2D eigenvalue weighted by Crippen LogP contribution is -2.29. The van der Waals surface area contributed by atoms with Gasteiger partial charge in [-0.3, -0.25) is 0 Å². The van der Waals surface area contributed by atoms with Gasteiger partial charge in [-0.15, -0.1) is 0 Å². The molecule has 19 heavy (non-hydrogen) atoms. The fourth-order valence-corrected chi connectivity index (χ4v) is 2.45. The summed E-state index contributed by atoms with van der Waals surface area (Å²) in [6, 6.07) is 0.101. The molecule has 4 heteroatoms. The van der Waals surface area contributed by atoms with E-state index in [0.717, 1.165) is 26.1 Å². The Balaban J connectivity index is 2.57. The summed E-state index contributed by atoms with van der Waals surface area (Å²) in [5.74, 6) is 0.616. The molecule has 1 rings (SSSR count). The first kappa shape index (κ1) is 16.2. The topological polar surface area (TPSA) is 47.1 Å². The van der Waals surface area contributed by atoms with Crippen LogP contribution < -0.4 is 5.73 Å². The van der Waals surface area contributed by atoms with Crippen LogP contribution in [0, 0.1) is 5.92 Å². The molecule has 1 aromatic rings. The van der Waals surface area contributed by atoms with Gasteiger partial charge in [-0.05, 0) is 31.8 Å². The van der Waals surface area contributed by atoms with E-state index < -0.39 is 0 Å². The minimum absolute atomic E-state index is 0.101. The van der Waals surface area contributed by atoms with E-state index in [1.54, 1.807) is 0 Å². The number of nitrogens with two attached hydrogens (primary N) is 1. The molecule has 2 N–H and O–H groups in total. The Labute approximate surface area is 118 Å². The van der Waals surface area contributed by atoms with Gasteiger partial charge in [0, 0.05) is 25.3 Å². The molecule has 0 aliphatic heterocycles. The third-order valence-electron chi connectivity index (χ3n) is 3.49. The quantitative estimate of drug-likeness (QED) is 0.747. The molecule has 0 aromatic carbocycles. The second kappa shape index (κ2) is 8.33. The highest BCUT2D eigenvalue weighted by molar-refractivity contribution is 5.04. The fraction of sp³-hybridized carbons (Fsp3) is 0.800. The van der Waals surface area contributed by atoms with Gasteiger partial charge in [-0.2, -0.15) is 0 Å². The van der Waals surface area contributed by atoms with E-state index in [0.29, 0.717) is 5.92 Å². The lowest BCUT2D eigenvalue weighted by atomic mass is 10.0. The van der Waals surface area contributed by atoms with E-state index in [1.807, 2.05) is 12.5 Å². The molecule has 4 nitrogen and oxygen atoms in total. The van der Waals surface area contributed by atoms with E-state index in [2.05, 4.69) is 42.1 Å². The van der Waals surface area contributed by atoms with Crippen molar-refractivity contribution in [2.24, 2.45) is 11.7 Å². The molecule has 1 atom stereocenters. The number of nitrogens with zero attached hydrogens (tertiary/aromatic N) is 3. The monoisotopic (exact) mass is 266 g/mol. The van der Waals surface area contributed by atoms with Crippen molar-refractivity contribution in [1.29, 1.82) is 0 Å². The first-order valence-corrected chi connectivity index (χ1v) is 7.56. The first-order chi connectivity index (χ1) is 9.08. The maximum Gasteiger partial charge on any atom is 0.0949 e. The van der Waals surface area contributed by atoms with Crippen LogP contribution in [0.15, 0.2) is 12.5 Å². The average Bonchev–Trinajstić information content (AvgIpc) is 2.82. The van der Waals surface area contributed by atoms with E-state index in [1.165, 1.54) is 18.7 Å². The average molecular weight is 266 g/mol. The highest BCUT2D eigenvalue weighted by Gasteiger charge is 2.13. The summed E-state index contributed by atoms with van der Waals surface area (Å²) in [6.07, 6.45) is 6.05. The summed E-state index contributed by atoms with van der Waals surface area (Å²) in [5.41, 5.74) is 7.43. The number of aromatic nitrogens is 2. The SMILES string of the molecule is CCCN(CC)CCn1cncc1C(N)CC(C)C. The Bertz CT molecular complexity index is 346. The van der Waals surface area contributed by atoms with E-state index in [9.17, 15) is 0 Å². The second-order valence-corrected chi connectivity index (χ2v) is 5.68. The van der Waals surface area contributed by atoms with Crippen LogP contribution in [0.1, 0.15) is 52.3 Å². The van der Waals surface area contributed by atoms with Crippen LogP contribution in [0.5, 0.6) is 0 Å². The highest BCUT2D eigenvalue weighted by atomic mass is 15.2. The predicted molar refractivity (Wildman–Crippen MR) is 81.0 cm³/mol. The number of hydrogen-bond acceptors (Lipinski definition) is 3. The van der Waals surface area contributed by atoms with Gasteiger partial charge in [0.05, 0.1) is 12.0 Å². The summed E-state index contributed by atoms with van der Waals surface area (Å²) in [6.45, 7) is 13.2. The van der Waals surface area contributed by atoms with Crippen LogP contribution in [0.3, 0.4) is 0 Å². The van der Waals surface area contributed by atoms with Crippen LogP contribution in [-0.2, 0) is 6.54 Å². The summed E-state index contributed by atoms with van der Waals surface area (Å²) in [5, 5.41) is 0. The summed E-state index contributed by atoms with van der Waals surface area (Å²) < 4.78 is 2.21. The van der Waals surface area contributed by atoms with Crippen molar-refractivity contribution in [2.45, 2.75) is 53.1 Å². The second-order valence-electron chi connectivity index (χ2n) is 5.68. The van der Waals surface area contributed by atoms with Crippen molar-refractivity contribution in [3.63, 3.8) is 0 Å². The summed E-state index contributed by atoms with van der Waals surface area (Å²) in [4.78, 5) is 6.73. The Morgan fingerprint density at radius 1 is 1.32 bits per heavy atom. The van der Waals surface area contributed by atoms with Crippen molar-refractivity contribution in [2.75, 3.05) is 19.6 Å². The molecule has 0 radical (unpaired) electrons. The van der Waals surface area contributed by atoms with E-state index in [4.69, 9.17) is 5.73 Å². The van der Waals surface area contributed by atoms with Crippen LogP contribution >= 0.6 is 0 Å². The Morgan fingerprint density at radius 2 is 2.05 bits per heavy atom. The minimum atomic E-state index is 0.101. The largest absolute Gasteiger partial charge is 0.332 e. The zero-order valence-corrected chi connectivity index (χ0v) is 13.0. The molecule has 0 bridgehead atoms. The Hall–Kier alpha value is -0.870. The molecule has 110 valence electrons. The Morgan fingerprint density at radius 3 is 2.63 bits per heavy atom. The summed E-state index contributed by atoms with van der Waals surface area (Å²) >= 11 is 0. The van der Waals surface area contributed by atoms with Gasteiger partial charge < -0.3 is 15.2 Å². The molecule has 0 fully saturated rings. The van der Waals surface area contributed by atoms with Gasteiger partial charge in [0.2, 0.25) is 0 Å². The number of likely N-dealkylation sites (N-methyl/N-ethyl adjacent to an activating group) is 1. The van der Waals surface area contributed by atoms with Crippen LogP contribution in [0.2, 0.25) is 0 Å². The predicted octanol–water partition coefficient (Wildman–Crippen LogP) is 2.66. The lowest BCUT2D eigenvalue weighted by molar-refractivity contribution is 0.274. The molecule has 0 aliphatic rings. The normalized spacial score (nSPS) is 13.4. The molecule has 1 heterocycles. The van der Waals surface area contributed by atoms with Gasteiger partial charge in [-0.25, -0.2) is 4.98 Å². The van der Waals surface area contributed by atoms with Gasteiger partial charge >= 0.3 is 0 Å². The van der Waals surface area contributed by atoms with Crippen molar-refractivity contribution >= 4 is 0 Å². The molecule has 0 amide bonds. The molecule has 0 aliphatic carbocycles. The van der Waals surface area contributed by atoms with Crippen molar-refractivity contribution < 1.29 is 0 Å². The van der Waals surface area contributed by atoms with Gasteiger partial charge in [-0.1, -0.05) is 27.7 Å². The van der Waals surface area contributed by atoms with E-state index >= 15 is 0 Å². The van der Waals surface area contributed by atoms with Gasteiger partial charge in [0.1, 0.15) is 0 Å².